The largest absolute Gasteiger partial charge is 1.00 e. The number of nitrogens with zero attached hydrogens (tertiary/aromatic N) is 2. The monoisotopic (exact) mass is 1120 g/mol. The van der Waals surface area contributed by atoms with E-state index in [0.29, 0.717) is 0 Å². The molecule has 2 unspecified atom stereocenters. The Morgan fingerprint density at radius 3 is 0.447 bits per heavy atom. The molecule has 0 saturated carbocycles. The van der Waals surface area contributed by atoms with Gasteiger partial charge in [0.25, 0.3) is 0 Å². The van der Waals surface area contributed by atoms with Crippen LogP contribution in [-0.2, 0) is 0 Å². The lowest BCUT2D eigenvalue weighted by molar-refractivity contribution is -0.913. The standard InChI is InChI=1S/2C36H76N.2ClH/c2*1-6-8-10-12-14-16-18-20-21-22-23-25-27-29-31-33-35-37(4,5)36(3)34-32-30-28-26-24-19-17-15-13-11-9-7-2;;/h2*36H,6-35H2,1-5H3;2*1H/q2*+1;;/p-2. The first kappa shape index (κ1) is 83.0. The quantitative estimate of drug-likeness (QED) is 0.0421. The Bertz CT molecular complexity index is 921. The molecule has 2 nitrogen and oxygen atoms in total. The molecular weight excluding hydrogens is 964 g/mol. The Morgan fingerprint density at radius 2 is 0.303 bits per heavy atom. The van der Waals surface area contributed by atoms with Crippen LogP contribution in [0.2, 0.25) is 0 Å². The number of rotatable bonds is 62. The van der Waals surface area contributed by atoms with Crippen molar-refractivity contribution in [2.24, 2.45) is 0 Å². The van der Waals surface area contributed by atoms with Gasteiger partial charge in [0.15, 0.2) is 0 Å². The number of quaternary nitrogens is 2. The highest BCUT2D eigenvalue weighted by atomic mass is 35.5. The van der Waals surface area contributed by atoms with Crippen LogP contribution in [0.25, 0.3) is 0 Å². The van der Waals surface area contributed by atoms with Crippen molar-refractivity contribution in [1.29, 1.82) is 0 Å². The summed E-state index contributed by atoms with van der Waals surface area (Å²) in [6, 6.07) is 1.64. The Balaban J connectivity index is -0.000000665. The fraction of sp³-hybridized carbons (Fsp3) is 1.00. The van der Waals surface area contributed by atoms with E-state index in [9.17, 15) is 0 Å². The lowest BCUT2D eigenvalue weighted by Crippen LogP contribution is -3.00. The molecule has 0 aliphatic rings. The molecule has 464 valence electrons. The van der Waals surface area contributed by atoms with E-state index in [1.165, 1.54) is 394 Å². The maximum atomic E-state index is 2.50. The third kappa shape index (κ3) is 65.3. The van der Waals surface area contributed by atoms with Gasteiger partial charge in [-0.1, -0.05) is 349 Å². The van der Waals surface area contributed by atoms with Crippen LogP contribution in [0.5, 0.6) is 0 Å². The van der Waals surface area contributed by atoms with Crippen LogP contribution in [0.4, 0.5) is 0 Å². The van der Waals surface area contributed by atoms with Gasteiger partial charge in [-0.15, -0.1) is 0 Å². The average molecular weight is 1120 g/mol. The zero-order valence-electron chi connectivity index (χ0n) is 55.2. The van der Waals surface area contributed by atoms with Crippen molar-refractivity contribution in [3.8, 4) is 0 Å². The van der Waals surface area contributed by atoms with E-state index < -0.39 is 0 Å². The fourth-order valence-corrected chi connectivity index (χ4v) is 11.8. The van der Waals surface area contributed by atoms with Crippen molar-refractivity contribution in [2.75, 3.05) is 41.3 Å². The van der Waals surface area contributed by atoms with Gasteiger partial charge in [0.05, 0.1) is 53.4 Å². The third-order valence-corrected chi connectivity index (χ3v) is 18.5. The van der Waals surface area contributed by atoms with E-state index in [4.69, 9.17) is 0 Å². The van der Waals surface area contributed by atoms with Gasteiger partial charge in [-0.25, -0.2) is 0 Å². The van der Waals surface area contributed by atoms with Crippen molar-refractivity contribution in [3.63, 3.8) is 0 Å². The smallest absolute Gasteiger partial charge is 0.0857 e. The minimum absolute atomic E-state index is 0. The highest BCUT2D eigenvalue weighted by Gasteiger charge is 2.24. The second-order valence-electron chi connectivity index (χ2n) is 26.7. The van der Waals surface area contributed by atoms with Crippen LogP contribution in [0, 0.1) is 0 Å². The van der Waals surface area contributed by atoms with Crippen molar-refractivity contribution in [2.45, 2.75) is 426 Å². The van der Waals surface area contributed by atoms with Gasteiger partial charge in [0.1, 0.15) is 0 Å². The van der Waals surface area contributed by atoms with Crippen molar-refractivity contribution < 1.29 is 33.8 Å². The summed E-state index contributed by atoms with van der Waals surface area (Å²) in [5, 5.41) is 0. The van der Waals surface area contributed by atoms with Gasteiger partial charge >= 0.3 is 0 Å². The highest BCUT2D eigenvalue weighted by Crippen LogP contribution is 2.22. The molecular formula is C72H152Cl2N2. The van der Waals surface area contributed by atoms with Crippen LogP contribution < -0.4 is 24.8 Å². The molecule has 0 spiro atoms. The maximum absolute atomic E-state index is 2.50. The zero-order chi connectivity index (χ0) is 54.6. The van der Waals surface area contributed by atoms with Crippen LogP contribution in [0.1, 0.15) is 414 Å². The van der Waals surface area contributed by atoms with Gasteiger partial charge < -0.3 is 33.8 Å². The van der Waals surface area contributed by atoms with E-state index in [1.807, 2.05) is 0 Å². The Labute approximate surface area is 498 Å². The summed E-state index contributed by atoms with van der Waals surface area (Å²) < 4.78 is 2.47. The maximum Gasteiger partial charge on any atom is 0.0857 e. The van der Waals surface area contributed by atoms with E-state index in [1.54, 1.807) is 0 Å². The number of unbranched alkanes of at least 4 members (excludes halogenated alkanes) is 52. The lowest BCUT2D eigenvalue weighted by atomic mass is 10.0. The molecule has 0 fully saturated rings. The van der Waals surface area contributed by atoms with E-state index in [0.717, 1.165) is 12.1 Å². The normalized spacial score (nSPS) is 12.6. The van der Waals surface area contributed by atoms with Crippen molar-refractivity contribution in [3.05, 3.63) is 0 Å². The first-order valence-electron chi connectivity index (χ1n) is 35.7. The van der Waals surface area contributed by atoms with Gasteiger partial charge in [-0.2, -0.15) is 0 Å². The molecule has 4 heteroatoms. The first-order chi connectivity index (χ1) is 36.1. The molecule has 0 rings (SSSR count). The fourth-order valence-electron chi connectivity index (χ4n) is 11.8. The topological polar surface area (TPSA) is 0 Å². The molecule has 0 bridgehead atoms. The third-order valence-electron chi connectivity index (χ3n) is 18.5. The van der Waals surface area contributed by atoms with Gasteiger partial charge in [-0.05, 0) is 65.2 Å². The summed E-state index contributed by atoms with van der Waals surface area (Å²) in [5.41, 5.74) is 0. The van der Waals surface area contributed by atoms with Crippen LogP contribution in [0.15, 0.2) is 0 Å². The summed E-state index contributed by atoms with van der Waals surface area (Å²) in [6.45, 7) is 17.0. The van der Waals surface area contributed by atoms with Crippen LogP contribution in [0.3, 0.4) is 0 Å². The Morgan fingerprint density at radius 1 is 0.184 bits per heavy atom. The second kappa shape index (κ2) is 68.0. The molecule has 0 aliphatic carbocycles. The molecule has 0 aromatic rings. The number of hydrogen-bond donors (Lipinski definition) is 0. The summed E-state index contributed by atoms with van der Waals surface area (Å²) in [6.07, 6.45) is 84.6. The van der Waals surface area contributed by atoms with Crippen molar-refractivity contribution >= 4 is 0 Å². The zero-order valence-corrected chi connectivity index (χ0v) is 56.7. The minimum atomic E-state index is 0. The molecule has 0 heterocycles. The number of hydrogen-bond acceptors (Lipinski definition) is 0. The number of halogens is 2. The van der Waals surface area contributed by atoms with Crippen LogP contribution in [-0.4, -0.2) is 62.3 Å². The second-order valence-corrected chi connectivity index (χ2v) is 26.7. The first-order valence-corrected chi connectivity index (χ1v) is 35.7. The molecule has 0 saturated heterocycles. The summed E-state index contributed by atoms with van der Waals surface area (Å²) in [5.74, 6) is 0. The molecule has 76 heavy (non-hydrogen) atoms. The van der Waals surface area contributed by atoms with Crippen molar-refractivity contribution in [1.82, 2.24) is 0 Å². The predicted molar refractivity (Wildman–Crippen MR) is 343 cm³/mol. The molecule has 0 aliphatic heterocycles. The molecule has 2 atom stereocenters. The Kier molecular flexibility index (Phi) is 74.2. The SMILES string of the molecule is CCCCCCCCCCCCCCCCCC[N+](C)(C)C(C)CCCCCCCCCCCCCC.CCCCCCCCCCCCCCCCCC[N+](C)(C)C(C)CCCCCCCCCCCCCC.[Cl-].[Cl-]. The lowest BCUT2D eigenvalue weighted by Gasteiger charge is -2.36. The van der Waals surface area contributed by atoms with Crippen LogP contribution >= 0.6 is 0 Å². The molecule has 0 aromatic carbocycles. The van der Waals surface area contributed by atoms with E-state index in [2.05, 4.69) is 69.7 Å². The van der Waals surface area contributed by atoms with Gasteiger partial charge in [0, 0.05) is 0 Å². The molecule has 0 aromatic heterocycles. The summed E-state index contributed by atoms with van der Waals surface area (Å²) >= 11 is 0. The highest BCUT2D eigenvalue weighted by molar-refractivity contribution is 4.58. The summed E-state index contributed by atoms with van der Waals surface area (Å²) in [7, 11) is 9.93. The molecule has 0 N–H and O–H groups in total. The van der Waals surface area contributed by atoms with E-state index in [-0.39, 0.29) is 24.8 Å². The van der Waals surface area contributed by atoms with E-state index >= 15 is 0 Å². The van der Waals surface area contributed by atoms with Gasteiger partial charge in [0.2, 0.25) is 0 Å². The van der Waals surface area contributed by atoms with Gasteiger partial charge in [-0.3, -0.25) is 0 Å². The average Bonchev–Trinajstić information content (AvgIpc) is 3.39. The minimum Gasteiger partial charge on any atom is -1.00 e. The molecule has 0 amide bonds. The summed E-state index contributed by atoms with van der Waals surface area (Å²) in [4.78, 5) is 0. The molecule has 0 radical (unpaired) electrons. The predicted octanol–water partition coefficient (Wildman–Crippen LogP) is 19.6. The Hall–Kier alpha value is 0.500.